The predicted molar refractivity (Wildman–Crippen MR) is 21.9 cm³/mol. The molecule has 0 aromatic rings. The third-order valence-corrected chi connectivity index (χ3v) is 0. The van der Waals surface area contributed by atoms with Crippen LogP contribution in [0.5, 0.6) is 0 Å². The van der Waals surface area contributed by atoms with Crippen LogP contribution in [0.3, 0.4) is 0 Å². The van der Waals surface area contributed by atoms with Crippen molar-refractivity contribution in [2.24, 2.45) is 0 Å². The van der Waals surface area contributed by atoms with Gasteiger partial charge in [-0.3, -0.25) is 0 Å². The van der Waals surface area contributed by atoms with Gasteiger partial charge in [0, 0.05) is 0 Å². The summed E-state index contributed by atoms with van der Waals surface area (Å²) in [5, 5.41) is 0. The molecule has 8 heavy (non-hydrogen) atoms. The first-order valence-electron chi connectivity index (χ1n) is 0. The van der Waals surface area contributed by atoms with Gasteiger partial charge in [-0.05, 0) is 0 Å². The molecule has 0 saturated heterocycles. The van der Waals surface area contributed by atoms with Gasteiger partial charge in [0.2, 0.25) is 0 Å². The van der Waals surface area contributed by atoms with Crippen LogP contribution in [0, 0.1) is 0 Å². The summed E-state index contributed by atoms with van der Waals surface area (Å²) < 4.78 is 0. The van der Waals surface area contributed by atoms with Crippen LogP contribution < -0.4 is 0 Å². The summed E-state index contributed by atoms with van der Waals surface area (Å²) in [6, 6.07) is 0. The van der Waals surface area contributed by atoms with E-state index in [0.29, 0.717) is 0 Å². The molecule has 0 aliphatic rings. The minimum atomic E-state index is 0. The van der Waals surface area contributed by atoms with Gasteiger partial charge in [-0.25, -0.2) is 0 Å². The van der Waals surface area contributed by atoms with Gasteiger partial charge in [-0.15, -0.1) is 0 Å². The van der Waals surface area contributed by atoms with Crippen LogP contribution in [-0.4, -0.2) is 38.3 Å². The molecule has 0 fully saturated rings. The summed E-state index contributed by atoms with van der Waals surface area (Å²) in [5.41, 5.74) is 0. The molecule has 7 nitrogen and oxygen atoms in total. The second-order valence-corrected chi connectivity index (χ2v) is 0. The predicted octanol–water partition coefficient (Wildman–Crippen LogP) is -4.48. The smallest absolute Gasteiger partial charge is 0.870 e. The summed E-state index contributed by atoms with van der Waals surface area (Å²) >= 11 is 0. The van der Waals surface area contributed by atoms with Gasteiger partial charge >= 0.3 is 17.1 Å². The fourth-order valence-corrected chi connectivity index (χ4v) is 0. The molecule has 0 aliphatic heterocycles. The molecule has 1 radical (unpaired) electrons. The molecule has 65 valence electrons. The van der Waals surface area contributed by atoms with Gasteiger partial charge in [0.25, 0.3) is 0 Å². The number of hydrogen-bond acceptors (Lipinski definition) is 2. The zero-order valence-electron chi connectivity index (χ0n) is 3.70. The largest absolute Gasteiger partial charge is 2.00 e. The van der Waals surface area contributed by atoms with E-state index < -0.39 is 0 Å². The number of hydrogen-bond donors (Lipinski definition) is 0. The van der Waals surface area contributed by atoms with Crippen LogP contribution in [0.25, 0.3) is 0 Å². The van der Waals surface area contributed by atoms with E-state index in [9.17, 15) is 0 Å². The Bertz CT molecular complexity index is 4.35. The van der Waals surface area contributed by atoms with Crippen molar-refractivity contribution in [2.75, 3.05) is 0 Å². The SMILES string of the molecule is O.O.O.O.O.[Cu+2].[OH-].[OH-]. The molecule has 12 N–H and O–H groups in total. The van der Waals surface area contributed by atoms with E-state index in [0.717, 1.165) is 0 Å². The second-order valence-electron chi connectivity index (χ2n) is 0. The average molecular weight is 188 g/mol. The standard InChI is InChI=1S/Cu.7H2O/h;7*1H2/q+2;;;;;;;/p-2. The summed E-state index contributed by atoms with van der Waals surface area (Å²) in [7, 11) is 0. The first-order chi connectivity index (χ1) is 0. The summed E-state index contributed by atoms with van der Waals surface area (Å²) in [4.78, 5) is 0. The van der Waals surface area contributed by atoms with Gasteiger partial charge in [0.15, 0.2) is 0 Å². The molecule has 0 rings (SSSR count). The Labute approximate surface area is 56.3 Å². The van der Waals surface area contributed by atoms with Crippen molar-refractivity contribution >= 4 is 0 Å². The number of rotatable bonds is 0. The molecule has 0 heterocycles. The van der Waals surface area contributed by atoms with Crippen LogP contribution in [0.2, 0.25) is 0 Å². The van der Waals surface area contributed by atoms with Crippen molar-refractivity contribution in [3.63, 3.8) is 0 Å². The van der Waals surface area contributed by atoms with E-state index in [1.54, 1.807) is 0 Å². The van der Waals surface area contributed by atoms with Crippen molar-refractivity contribution in [2.45, 2.75) is 0 Å². The van der Waals surface area contributed by atoms with Crippen LogP contribution in [-0.2, 0) is 17.1 Å². The molecule has 0 atom stereocenters. The van der Waals surface area contributed by atoms with Gasteiger partial charge < -0.3 is 38.3 Å². The fraction of sp³-hybridized carbons (Fsp3) is 0. The Balaban J connectivity index is 0. The van der Waals surface area contributed by atoms with E-state index >= 15 is 0 Å². The molecule has 0 saturated carbocycles. The van der Waals surface area contributed by atoms with Crippen molar-refractivity contribution < 1.29 is 55.4 Å². The van der Waals surface area contributed by atoms with Gasteiger partial charge in [0.1, 0.15) is 0 Å². The summed E-state index contributed by atoms with van der Waals surface area (Å²) in [6.45, 7) is 0. The minimum Gasteiger partial charge on any atom is -0.870 e. The van der Waals surface area contributed by atoms with E-state index in [1.165, 1.54) is 0 Å². The van der Waals surface area contributed by atoms with Crippen LogP contribution in [0.15, 0.2) is 0 Å². The first-order valence-corrected chi connectivity index (χ1v) is 0. The molecule has 0 aliphatic carbocycles. The van der Waals surface area contributed by atoms with E-state index in [-0.39, 0.29) is 55.4 Å². The maximum Gasteiger partial charge on any atom is 2.00 e. The maximum absolute atomic E-state index is 0. The minimum absolute atomic E-state index is 0. The second kappa shape index (κ2) is 4910. The molecule has 0 aromatic heterocycles. The molecule has 0 aromatic carbocycles. The molecule has 0 unspecified atom stereocenters. The Hall–Kier alpha value is 0.239. The molecule has 0 amide bonds. The van der Waals surface area contributed by atoms with E-state index in [1.807, 2.05) is 0 Å². The zero-order valence-corrected chi connectivity index (χ0v) is 4.64. The zero-order chi connectivity index (χ0) is 0. The maximum atomic E-state index is 0. The Kier molecular flexibility index (Phi) is 4630000. The van der Waals surface area contributed by atoms with Crippen LogP contribution >= 0.6 is 0 Å². The molecular weight excluding hydrogens is 176 g/mol. The van der Waals surface area contributed by atoms with Crippen LogP contribution in [0.1, 0.15) is 0 Å². The average Bonchev–Trinajstić information content (AvgIpc) is 0. The van der Waals surface area contributed by atoms with Gasteiger partial charge in [0.05, 0.1) is 0 Å². The Morgan fingerprint density at radius 2 is 0.375 bits per heavy atom. The Morgan fingerprint density at radius 3 is 0.375 bits per heavy atom. The first kappa shape index (κ1) is 7530. The summed E-state index contributed by atoms with van der Waals surface area (Å²) in [5.74, 6) is 0. The van der Waals surface area contributed by atoms with E-state index in [2.05, 4.69) is 0 Å². The van der Waals surface area contributed by atoms with E-state index in [4.69, 9.17) is 0 Å². The molecule has 0 bridgehead atoms. The third kappa shape index (κ3) is 2990. The van der Waals surface area contributed by atoms with Crippen molar-refractivity contribution in [3.05, 3.63) is 0 Å². The normalized spacial score (nSPS) is 0. The molecule has 8 heteroatoms. The summed E-state index contributed by atoms with van der Waals surface area (Å²) in [6.07, 6.45) is 0. The van der Waals surface area contributed by atoms with Crippen molar-refractivity contribution in [3.8, 4) is 0 Å². The molecule has 0 spiro atoms. The fourth-order valence-electron chi connectivity index (χ4n) is 0. The quantitative estimate of drug-likeness (QED) is 0.342. The topological polar surface area (TPSA) is 218 Å². The van der Waals surface area contributed by atoms with Crippen molar-refractivity contribution in [1.82, 2.24) is 0 Å². The third-order valence-electron chi connectivity index (χ3n) is 0. The van der Waals surface area contributed by atoms with Gasteiger partial charge in [-0.2, -0.15) is 0 Å². The van der Waals surface area contributed by atoms with Gasteiger partial charge in [-0.1, -0.05) is 0 Å². The Morgan fingerprint density at radius 1 is 0.375 bits per heavy atom. The monoisotopic (exact) mass is 187 g/mol. The molecular formula is H12CuO7. The van der Waals surface area contributed by atoms with Crippen LogP contribution in [0.4, 0.5) is 0 Å². The van der Waals surface area contributed by atoms with Crippen molar-refractivity contribution in [1.29, 1.82) is 0 Å².